The first kappa shape index (κ1) is 19.9. The minimum absolute atomic E-state index is 0.0519. The lowest BCUT2D eigenvalue weighted by molar-refractivity contribution is -0.115. The van der Waals surface area contributed by atoms with Crippen molar-refractivity contribution in [2.45, 2.75) is 36.3 Å². The molecule has 0 aliphatic heterocycles. The number of amides is 1. The summed E-state index contributed by atoms with van der Waals surface area (Å²) in [5.41, 5.74) is 4.03. The van der Waals surface area contributed by atoms with Crippen molar-refractivity contribution >= 4 is 46.3 Å². The highest BCUT2D eigenvalue weighted by atomic mass is 35.5. The van der Waals surface area contributed by atoms with Crippen LogP contribution in [0.5, 0.6) is 0 Å². The third-order valence-electron chi connectivity index (χ3n) is 3.98. The van der Waals surface area contributed by atoms with Crippen molar-refractivity contribution in [3.63, 3.8) is 0 Å². The molecule has 1 heterocycles. The molecule has 2 aromatic carbocycles. The number of anilines is 1. The molecule has 140 valence electrons. The monoisotopic (exact) mass is 416 g/mol. The van der Waals surface area contributed by atoms with E-state index in [4.69, 9.17) is 11.6 Å². The van der Waals surface area contributed by atoms with E-state index >= 15 is 0 Å². The summed E-state index contributed by atoms with van der Waals surface area (Å²) in [7, 11) is 0. The highest BCUT2D eigenvalue weighted by Gasteiger charge is 2.09. The zero-order chi connectivity index (χ0) is 19.2. The number of benzene rings is 2. The molecule has 0 saturated heterocycles. The Morgan fingerprint density at radius 2 is 2.00 bits per heavy atom. The molecule has 0 radical (unpaired) electrons. The summed E-state index contributed by atoms with van der Waals surface area (Å²) in [6.07, 6.45) is 0.278. The second-order valence-electron chi connectivity index (χ2n) is 6.53. The van der Waals surface area contributed by atoms with Crippen LogP contribution in [-0.2, 0) is 17.0 Å². The molecule has 0 saturated carbocycles. The lowest BCUT2D eigenvalue weighted by Gasteiger charge is -2.08. The standard InChI is InChI=1S/C21H21ClN2OS2/c1-14(2)16-6-8-18(9-7-16)23-20(25)11-19-13-27-21(24-19)26-12-15-4-3-5-17(22)10-15/h3-10,13-14H,11-12H2,1-2H3,(H,23,25). The van der Waals surface area contributed by atoms with Crippen LogP contribution in [0.15, 0.2) is 58.3 Å². The smallest absolute Gasteiger partial charge is 0.230 e. The van der Waals surface area contributed by atoms with Crippen LogP contribution < -0.4 is 5.32 Å². The van der Waals surface area contributed by atoms with Gasteiger partial charge in [-0.05, 0) is 41.3 Å². The maximum atomic E-state index is 12.3. The van der Waals surface area contributed by atoms with E-state index in [1.165, 1.54) is 5.56 Å². The lowest BCUT2D eigenvalue weighted by atomic mass is 10.0. The fraction of sp³-hybridized carbons (Fsp3) is 0.238. The Bertz CT molecular complexity index is 907. The van der Waals surface area contributed by atoms with E-state index in [-0.39, 0.29) is 12.3 Å². The molecule has 0 aliphatic carbocycles. The third-order valence-corrected chi connectivity index (χ3v) is 6.36. The molecule has 1 aromatic heterocycles. The van der Waals surface area contributed by atoms with Gasteiger partial charge in [0.2, 0.25) is 5.91 Å². The Balaban J connectivity index is 1.51. The summed E-state index contributed by atoms with van der Waals surface area (Å²) in [6, 6.07) is 15.8. The summed E-state index contributed by atoms with van der Waals surface area (Å²) < 4.78 is 0.957. The lowest BCUT2D eigenvalue weighted by Crippen LogP contribution is -2.14. The molecular formula is C21H21ClN2OS2. The quantitative estimate of drug-likeness (QED) is 0.453. The number of nitrogens with one attached hydrogen (secondary N) is 1. The third kappa shape index (κ3) is 6.09. The molecule has 0 spiro atoms. The SMILES string of the molecule is CC(C)c1ccc(NC(=O)Cc2csc(SCc3cccc(Cl)c3)n2)cc1. The van der Waals surface area contributed by atoms with E-state index < -0.39 is 0 Å². The van der Waals surface area contributed by atoms with Crippen LogP contribution in [0.3, 0.4) is 0 Å². The van der Waals surface area contributed by atoms with Gasteiger partial charge in [0, 0.05) is 21.8 Å². The number of aromatic nitrogens is 1. The fourth-order valence-electron chi connectivity index (χ4n) is 2.53. The molecule has 0 atom stereocenters. The van der Waals surface area contributed by atoms with Gasteiger partial charge < -0.3 is 5.32 Å². The minimum atomic E-state index is -0.0519. The maximum absolute atomic E-state index is 12.3. The van der Waals surface area contributed by atoms with Gasteiger partial charge in [-0.1, -0.05) is 61.5 Å². The van der Waals surface area contributed by atoms with E-state index in [1.54, 1.807) is 23.1 Å². The highest BCUT2D eigenvalue weighted by molar-refractivity contribution is 8.00. The molecule has 0 unspecified atom stereocenters. The Kier molecular flexibility index (Phi) is 6.94. The molecule has 3 aromatic rings. The van der Waals surface area contributed by atoms with Gasteiger partial charge in [-0.2, -0.15) is 0 Å². The van der Waals surface area contributed by atoms with Crippen LogP contribution in [0.4, 0.5) is 5.69 Å². The van der Waals surface area contributed by atoms with Crippen LogP contribution in [-0.4, -0.2) is 10.9 Å². The van der Waals surface area contributed by atoms with Crippen LogP contribution in [0.2, 0.25) is 5.02 Å². The summed E-state index contributed by atoms with van der Waals surface area (Å²) in [6.45, 7) is 4.30. The molecule has 1 N–H and O–H groups in total. The second kappa shape index (κ2) is 9.40. The van der Waals surface area contributed by atoms with Gasteiger partial charge >= 0.3 is 0 Å². The normalized spacial score (nSPS) is 11.0. The first-order valence-corrected chi connectivity index (χ1v) is 11.0. The largest absolute Gasteiger partial charge is 0.326 e. The van der Waals surface area contributed by atoms with Crippen LogP contribution in [0.25, 0.3) is 0 Å². The van der Waals surface area contributed by atoms with E-state index in [0.29, 0.717) is 5.92 Å². The van der Waals surface area contributed by atoms with Gasteiger partial charge in [0.25, 0.3) is 0 Å². The van der Waals surface area contributed by atoms with Gasteiger partial charge in [0.05, 0.1) is 12.1 Å². The molecule has 6 heteroatoms. The molecule has 3 nitrogen and oxygen atoms in total. The topological polar surface area (TPSA) is 42.0 Å². The number of carbonyl (C=O) groups is 1. The molecule has 3 rings (SSSR count). The Labute approximate surface area is 173 Å². The zero-order valence-electron chi connectivity index (χ0n) is 15.2. The van der Waals surface area contributed by atoms with Crippen molar-refractivity contribution in [3.8, 4) is 0 Å². The maximum Gasteiger partial charge on any atom is 0.230 e. The van der Waals surface area contributed by atoms with Crippen LogP contribution in [0.1, 0.15) is 36.6 Å². The average molecular weight is 417 g/mol. The molecule has 0 aliphatic rings. The number of halogens is 1. The average Bonchev–Trinajstić information content (AvgIpc) is 3.07. The first-order valence-electron chi connectivity index (χ1n) is 8.71. The van der Waals surface area contributed by atoms with Crippen molar-refractivity contribution in [2.75, 3.05) is 5.32 Å². The minimum Gasteiger partial charge on any atom is -0.326 e. The predicted octanol–water partition coefficient (Wildman–Crippen LogP) is 6.39. The molecule has 1 amide bonds. The van der Waals surface area contributed by atoms with Crippen LogP contribution >= 0.6 is 34.7 Å². The van der Waals surface area contributed by atoms with E-state index in [0.717, 1.165) is 32.1 Å². The van der Waals surface area contributed by atoms with Gasteiger partial charge in [-0.25, -0.2) is 4.98 Å². The van der Waals surface area contributed by atoms with Crippen molar-refractivity contribution in [3.05, 3.63) is 75.8 Å². The van der Waals surface area contributed by atoms with Crippen LogP contribution in [0, 0.1) is 0 Å². The van der Waals surface area contributed by atoms with E-state index in [2.05, 4.69) is 24.1 Å². The van der Waals surface area contributed by atoms with Gasteiger partial charge in [0.15, 0.2) is 0 Å². The number of hydrogen-bond donors (Lipinski definition) is 1. The first-order chi connectivity index (χ1) is 13.0. The molecule has 27 heavy (non-hydrogen) atoms. The number of thioether (sulfide) groups is 1. The summed E-state index contributed by atoms with van der Waals surface area (Å²) in [5, 5.41) is 5.62. The number of thiazole rings is 1. The fourth-order valence-corrected chi connectivity index (χ4v) is 4.53. The van der Waals surface area contributed by atoms with Crippen molar-refractivity contribution in [2.24, 2.45) is 0 Å². The van der Waals surface area contributed by atoms with Gasteiger partial charge in [-0.15, -0.1) is 11.3 Å². The second-order valence-corrected chi connectivity index (χ2v) is 9.04. The summed E-state index contributed by atoms with van der Waals surface area (Å²) >= 11 is 9.23. The Morgan fingerprint density at radius 3 is 2.70 bits per heavy atom. The Hall–Kier alpha value is -1.82. The van der Waals surface area contributed by atoms with E-state index in [9.17, 15) is 4.79 Å². The number of hydrogen-bond acceptors (Lipinski definition) is 4. The van der Waals surface area contributed by atoms with Gasteiger partial charge in [-0.3, -0.25) is 4.79 Å². The highest BCUT2D eigenvalue weighted by Crippen LogP contribution is 2.27. The molecule has 0 bridgehead atoms. The molecule has 0 fully saturated rings. The Morgan fingerprint density at radius 1 is 1.22 bits per heavy atom. The predicted molar refractivity (Wildman–Crippen MR) is 116 cm³/mol. The van der Waals surface area contributed by atoms with Gasteiger partial charge in [0.1, 0.15) is 4.34 Å². The summed E-state index contributed by atoms with van der Waals surface area (Å²) in [4.78, 5) is 16.8. The summed E-state index contributed by atoms with van der Waals surface area (Å²) in [5.74, 6) is 1.23. The zero-order valence-corrected chi connectivity index (χ0v) is 17.6. The number of nitrogens with zero attached hydrogens (tertiary/aromatic N) is 1. The number of rotatable bonds is 7. The van der Waals surface area contributed by atoms with Crippen molar-refractivity contribution in [1.82, 2.24) is 4.98 Å². The van der Waals surface area contributed by atoms with Crippen molar-refractivity contribution in [1.29, 1.82) is 0 Å². The van der Waals surface area contributed by atoms with E-state index in [1.807, 2.05) is 53.9 Å². The van der Waals surface area contributed by atoms with Crippen molar-refractivity contribution < 1.29 is 4.79 Å². The number of carbonyl (C=O) groups excluding carboxylic acids is 1. The molecular weight excluding hydrogens is 396 g/mol.